The molecule has 0 amide bonds. The maximum Gasteiger partial charge on any atom is 0.0735 e. The second-order valence-corrected chi connectivity index (χ2v) is 23.7. The van der Waals surface area contributed by atoms with Crippen LogP contribution in [-0.4, -0.2) is 9.13 Å². The van der Waals surface area contributed by atoms with Crippen molar-refractivity contribution in [3.63, 3.8) is 0 Å². The standard InChI is InChI=1S/C83H56N2/c1-7-27-55(28-8-1)53-84-75-45-25-21-41-65(75)77-79(84)67-51-71-57(49-73(67)81(77,59-31-11-3-12-32-59)60-33-13-4-14-34-60)47-48-58-50-74-68(52-72(58)83(71)69-43-23-19-39-63(69)64-40-20-24-44-70(64)83)80-78(82(74,61-35-15-5-16-36-61)62-37-17-6-18-38-62)66-42-22-26-46-76(66)85(80)54-56-29-9-2-10-30-56/h1-52H,53-54H2. The van der Waals surface area contributed by atoms with Crippen molar-refractivity contribution in [3.8, 4) is 33.6 Å². The Hall–Kier alpha value is -10.5. The lowest BCUT2D eigenvalue weighted by molar-refractivity contribution is 0.750. The van der Waals surface area contributed by atoms with Crippen LogP contribution < -0.4 is 0 Å². The predicted molar refractivity (Wildman–Crippen MR) is 349 cm³/mol. The number of benzene rings is 12. The van der Waals surface area contributed by atoms with Crippen LogP contribution in [-0.2, 0) is 29.3 Å². The van der Waals surface area contributed by atoms with Gasteiger partial charge in [-0.05, 0) is 125 Å². The van der Waals surface area contributed by atoms with E-state index < -0.39 is 16.2 Å². The highest BCUT2D eigenvalue weighted by atomic mass is 15.0. The van der Waals surface area contributed by atoms with Crippen molar-refractivity contribution in [2.45, 2.75) is 29.3 Å². The monoisotopic (exact) mass is 1080 g/mol. The normalized spacial score (nSPS) is 14.7. The van der Waals surface area contributed by atoms with E-state index >= 15 is 0 Å². The van der Waals surface area contributed by atoms with Gasteiger partial charge < -0.3 is 9.13 Å². The average molecular weight is 1080 g/mol. The summed E-state index contributed by atoms with van der Waals surface area (Å²) < 4.78 is 5.30. The molecule has 4 aliphatic carbocycles. The smallest absolute Gasteiger partial charge is 0.0735 e. The van der Waals surface area contributed by atoms with Crippen molar-refractivity contribution >= 4 is 34.0 Å². The first-order valence-corrected chi connectivity index (χ1v) is 30.0. The molecule has 2 heterocycles. The predicted octanol–water partition coefficient (Wildman–Crippen LogP) is 19.3. The Morgan fingerprint density at radius 2 is 0.565 bits per heavy atom. The highest BCUT2D eigenvalue weighted by Gasteiger charge is 2.56. The number of hydrogen-bond acceptors (Lipinski definition) is 0. The summed E-state index contributed by atoms with van der Waals surface area (Å²) >= 11 is 0. The number of para-hydroxylation sites is 2. The van der Waals surface area contributed by atoms with Crippen LogP contribution in [0.5, 0.6) is 0 Å². The molecule has 0 aliphatic heterocycles. The van der Waals surface area contributed by atoms with Gasteiger partial charge >= 0.3 is 0 Å². The van der Waals surface area contributed by atoms with E-state index in [2.05, 4.69) is 325 Å². The first-order valence-electron chi connectivity index (χ1n) is 30.0. The Bertz CT molecular complexity index is 4630. The highest BCUT2D eigenvalue weighted by molar-refractivity contribution is 6.05. The zero-order valence-corrected chi connectivity index (χ0v) is 46.8. The molecule has 4 aliphatic rings. The Labute approximate surface area is 495 Å². The summed E-state index contributed by atoms with van der Waals surface area (Å²) in [6.45, 7) is 1.45. The molecular formula is C83H56N2. The van der Waals surface area contributed by atoms with Crippen LogP contribution in [0.25, 0.3) is 67.6 Å². The molecule has 1 spiro atoms. The molecule has 18 rings (SSSR count). The van der Waals surface area contributed by atoms with Gasteiger partial charge in [-0.15, -0.1) is 0 Å². The SMILES string of the molecule is C1=Cc2cc3c(cc2C2(c4cc5c(cc41)C(c1ccccc1)(c1ccccc1)c1c-5n(Cc4ccccc4)c4ccccc14)c1ccccc1-c1ccccc12)-c1c(c2ccccc2n1Cc1ccccc1)C3(c1ccccc1)c1ccccc1. The van der Waals surface area contributed by atoms with E-state index in [9.17, 15) is 0 Å². The summed E-state index contributed by atoms with van der Waals surface area (Å²) in [6, 6.07) is 115. The second kappa shape index (κ2) is 18.2. The van der Waals surface area contributed by atoms with Crippen LogP contribution in [0.4, 0.5) is 0 Å². The molecule has 2 heteroatoms. The van der Waals surface area contributed by atoms with E-state index in [0.29, 0.717) is 0 Å². The van der Waals surface area contributed by atoms with Crippen LogP contribution in [0.2, 0.25) is 0 Å². The van der Waals surface area contributed by atoms with E-state index in [1.165, 1.54) is 144 Å². The lowest BCUT2D eigenvalue weighted by Crippen LogP contribution is -2.32. The quantitative estimate of drug-likeness (QED) is 0.144. The fraction of sp³-hybridized carbons (Fsp3) is 0.0602. The summed E-state index contributed by atoms with van der Waals surface area (Å²) in [6.07, 6.45) is 4.97. The highest BCUT2D eigenvalue weighted by Crippen LogP contribution is 2.66. The third kappa shape index (κ3) is 6.38. The Morgan fingerprint density at radius 3 is 0.941 bits per heavy atom. The van der Waals surface area contributed by atoms with Crippen molar-refractivity contribution < 1.29 is 0 Å². The van der Waals surface area contributed by atoms with E-state index in [1.807, 2.05) is 0 Å². The Morgan fingerprint density at radius 1 is 0.247 bits per heavy atom. The first-order chi connectivity index (χ1) is 42.2. The number of nitrogens with zero attached hydrogens (tertiary/aromatic N) is 2. The van der Waals surface area contributed by atoms with Gasteiger partial charge in [0, 0.05) is 57.1 Å². The van der Waals surface area contributed by atoms with E-state index in [0.717, 1.165) is 13.1 Å². The Kier molecular flexibility index (Phi) is 10.3. The number of fused-ring (bicyclic) bond motifs is 19. The molecule has 2 aromatic heterocycles. The van der Waals surface area contributed by atoms with Crippen molar-refractivity contribution in [1.29, 1.82) is 0 Å². The minimum absolute atomic E-state index is 0.663. The van der Waals surface area contributed by atoms with Crippen LogP contribution in [0.3, 0.4) is 0 Å². The number of aromatic nitrogens is 2. The van der Waals surface area contributed by atoms with Gasteiger partial charge in [0.25, 0.3) is 0 Å². The zero-order chi connectivity index (χ0) is 55.8. The van der Waals surface area contributed by atoms with Gasteiger partial charge in [0.2, 0.25) is 0 Å². The molecule has 12 aromatic carbocycles. The van der Waals surface area contributed by atoms with Crippen LogP contribution in [0.15, 0.2) is 303 Å². The van der Waals surface area contributed by atoms with Gasteiger partial charge in [0.15, 0.2) is 0 Å². The summed E-state index contributed by atoms with van der Waals surface area (Å²) in [7, 11) is 0. The summed E-state index contributed by atoms with van der Waals surface area (Å²) in [4.78, 5) is 0. The molecule has 0 fully saturated rings. The molecular weight excluding hydrogens is 1020 g/mol. The van der Waals surface area contributed by atoms with Crippen molar-refractivity contribution in [2.75, 3.05) is 0 Å². The summed E-state index contributed by atoms with van der Waals surface area (Å²) in [5.74, 6) is 0. The third-order valence-electron chi connectivity index (χ3n) is 19.8. The fourth-order valence-corrected chi connectivity index (χ4v) is 16.7. The lowest BCUT2D eigenvalue weighted by atomic mass is 9.63. The molecule has 0 bridgehead atoms. The van der Waals surface area contributed by atoms with Crippen molar-refractivity contribution in [3.05, 3.63) is 392 Å². The molecule has 398 valence electrons. The molecule has 0 saturated carbocycles. The first kappa shape index (κ1) is 48.0. The molecule has 0 radical (unpaired) electrons. The van der Waals surface area contributed by atoms with Crippen molar-refractivity contribution in [2.24, 2.45) is 0 Å². The molecule has 0 atom stereocenters. The largest absolute Gasteiger partial charge is 0.336 e. The van der Waals surface area contributed by atoms with Gasteiger partial charge in [-0.1, -0.05) is 279 Å². The maximum atomic E-state index is 2.68. The minimum atomic E-state index is -0.756. The second-order valence-electron chi connectivity index (χ2n) is 23.7. The van der Waals surface area contributed by atoms with Crippen LogP contribution in [0.1, 0.15) is 89.0 Å². The molecule has 85 heavy (non-hydrogen) atoms. The van der Waals surface area contributed by atoms with Crippen LogP contribution >= 0.6 is 0 Å². The fourth-order valence-electron chi connectivity index (χ4n) is 16.7. The Balaban J connectivity index is 1.01. The summed E-state index contributed by atoms with van der Waals surface area (Å²) in [5, 5.41) is 2.55. The molecule has 0 unspecified atom stereocenters. The van der Waals surface area contributed by atoms with Gasteiger partial charge in [-0.3, -0.25) is 0 Å². The van der Waals surface area contributed by atoms with E-state index in [-0.39, 0.29) is 0 Å². The van der Waals surface area contributed by atoms with Crippen molar-refractivity contribution in [1.82, 2.24) is 9.13 Å². The van der Waals surface area contributed by atoms with Gasteiger partial charge in [-0.2, -0.15) is 0 Å². The van der Waals surface area contributed by atoms with Gasteiger partial charge in [0.05, 0.1) is 27.6 Å². The van der Waals surface area contributed by atoms with Gasteiger partial charge in [0.1, 0.15) is 0 Å². The van der Waals surface area contributed by atoms with E-state index in [4.69, 9.17) is 0 Å². The molecule has 14 aromatic rings. The molecule has 2 nitrogen and oxygen atoms in total. The number of hydrogen-bond donors (Lipinski definition) is 0. The maximum absolute atomic E-state index is 2.68. The minimum Gasteiger partial charge on any atom is -0.336 e. The number of rotatable bonds is 8. The molecule has 0 N–H and O–H groups in total. The lowest BCUT2D eigenvalue weighted by Gasteiger charge is -2.38. The van der Waals surface area contributed by atoms with Gasteiger partial charge in [-0.25, -0.2) is 0 Å². The third-order valence-corrected chi connectivity index (χ3v) is 19.8. The molecule has 0 saturated heterocycles. The average Bonchev–Trinajstić information content (AvgIpc) is 1.54. The zero-order valence-electron chi connectivity index (χ0n) is 46.8. The van der Waals surface area contributed by atoms with Crippen LogP contribution in [0, 0.1) is 0 Å². The summed E-state index contributed by atoms with van der Waals surface area (Å²) in [5.41, 5.74) is 28.5. The topological polar surface area (TPSA) is 9.86 Å². The van der Waals surface area contributed by atoms with E-state index in [1.54, 1.807) is 0 Å².